The summed E-state index contributed by atoms with van der Waals surface area (Å²) in [4.78, 5) is 12.2. The molecule has 0 spiro atoms. The number of amides is 1. The Morgan fingerprint density at radius 1 is 1.08 bits per heavy atom. The molecule has 2 aliphatic rings. The van der Waals surface area contributed by atoms with Gasteiger partial charge in [-0.2, -0.15) is 0 Å². The van der Waals surface area contributed by atoms with Crippen LogP contribution in [0.25, 0.3) is 0 Å². The summed E-state index contributed by atoms with van der Waals surface area (Å²) in [6.45, 7) is 0. The zero-order chi connectivity index (χ0) is 18.1. The van der Waals surface area contributed by atoms with Crippen molar-refractivity contribution in [2.24, 2.45) is 5.10 Å². The molecule has 5 nitrogen and oxygen atoms in total. The van der Waals surface area contributed by atoms with Crippen LogP contribution in [0, 0.1) is 11.6 Å². The number of hydrogen-bond donors (Lipinski definition) is 2. The Balaban J connectivity index is 1.47. The second kappa shape index (κ2) is 7.05. The first-order valence-corrected chi connectivity index (χ1v) is 9.14. The molecule has 4 rings (SSSR count). The number of halogens is 2. The lowest BCUT2D eigenvalue weighted by Gasteiger charge is -2.29. The molecular formula is C18H16F2N4OS. The number of benzene rings is 2. The number of rotatable bonds is 3. The van der Waals surface area contributed by atoms with Gasteiger partial charge in [0.05, 0.1) is 6.04 Å². The molecule has 0 radical (unpaired) electrons. The SMILES string of the molecule is O=C1NN=C(SCc2ccc(F)cc2)N2NC(c3ccc(F)cc3)CC12. The van der Waals surface area contributed by atoms with Gasteiger partial charge < -0.3 is 0 Å². The van der Waals surface area contributed by atoms with E-state index in [9.17, 15) is 13.6 Å². The Kier molecular flexibility index (Phi) is 4.60. The number of nitrogens with one attached hydrogen (secondary N) is 2. The van der Waals surface area contributed by atoms with E-state index in [1.165, 1.54) is 36.0 Å². The van der Waals surface area contributed by atoms with Crippen molar-refractivity contribution in [3.05, 3.63) is 71.3 Å². The smallest absolute Gasteiger partial charge is 0.264 e. The van der Waals surface area contributed by atoms with Gasteiger partial charge >= 0.3 is 0 Å². The molecule has 0 saturated carbocycles. The van der Waals surface area contributed by atoms with Crippen LogP contribution in [0.3, 0.4) is 0 Å². The van der Waals surface area contributed by atoms with Crippen LogP contribution >= 0.6 is 11.8 Å². The third-order valence-corrected chi connectivity index (χ3v) is 5.41. The molecule has 2 N–H and O–H groups in total. The molecule has 0 aliphatic carbocycles. The summed E-state index contributed by atoms with van der Waals surface area (Å²) in [6.07, 6.45) is 0.563. The largest absolute Gasteiger partial charge is 0.272 e. The zero-order valence-electron chi connectivity index (χ0n) is 13.7. The number of thioether (sulfide) groups is 1. The minimum atomic E-state index is -0.377. The molecule has 2 aromatic carbocycles. The summed E-state index contributed by atoms with van der Waals surface area (Å²) in [5, 5.41) is 6.54. The normalized spacial score (nSPS) is 22.0. The van der Waals surface area contributed by atoms with Crippen LogP contribution in [0.1, 0.15) is 23.6 Å². The first kappa shape index (κ1) is 17.0. The number of fused-ring (bicyclic) bond motifs is 1. The van der Waals surface area contributed by atoms with Crippen molar-refractivity contribution in [3.8, 4) is 0 Å². The van der Waals surface area contributed by atoms with Crippen LogP contribution in [0.5, 0.6) is 0 Å². The summed E-state index contributed by atoms with van der Waals surface area (Å²) in [5.41, 5.74) is 7.72. The number of amidine groups is 1. The minimum absolute atomic E-state index is 0.0962. The standard InChI is InChI=1S/C18H16F2N4OS/c19-13-5-1-11(2-6-13)10-26-18-22-21-17(25)16-9-15(23-24(16)18)12-3-7-14(20)8-4-12/h1-8,15-16,23H,9-10H2,(H,21,25). The highest BCUT2D eigenvalue weighted by atomic mass is 32.2. The predicted octanol–water partition coefficient (Wildman–Crippen LogP) is 2.92. The van der Waals surface area contributed by atoms with Crippen molar-refractivity contribution in [1.82, 2.24) is 15.9 Å². The predicted molar refractivity (Wildman–Crippen MR) is 95.8 cm³/mol. The number of hydrazone groups is 1. The Morgan fingerprint density at radius 2 is 1.73 bits per heavy atom. The van der Waals surface area contributed by atoms with E-state index in [4.69, 9.17) is 0 Å². The molecule has 2 heterocycles. The average Bonchev–Trinajstić information content (AvgIpc) is 3.10. The van der Waals surface area contributed by atoms with Crippen molar-refractivity contribution in [1.29, 1.82) is 0 Å². The lowest BCUT2D eigenvalue weighted by Crippen LogP contribution is -2.52. The Labute approximate surface area is 153 Å². The van der Waals surface area contributed by atoms with Gasteiger partial charge in [-0.3, -0.25) is 9.80 Å². The molecule has 134 valence electrons. The van der Waals surface area contributed by atoms with Crippen molar-refractivity contribution in [2.45, 2.75) is 24.3 Å². The fourth-order valence-corrected chi connectivity index (χ4v) is 3.94. The molecule has 1 amide bonds. The average molecular weight is 374 g/mol. The third kappa shape index (κ3) is 3.42. The summed E-state index contributed by atoms with van der Waals surface area (Å²) in [7, 11) is 0. The molecule has 1 saturated heterocycles. The van der Waals surface area contributed by atoms with Crippen LogP contribution in [0.2, 0.25) is 0 Å². The van der Waals surface area contributed by atoms with Gasteiger partial charge in [-0.05, 0) is 41.8 Å². The van der Waals surface area contributed by atoms with Crippen LogP contribution in [-0.4, -0.2) is 22.1 Å². The number of carbonyl (C=O) groups excluding carboxylic acids is 1. The summed E-state index contributed by atoms with van der Waals surface area (Å²) < 4.78 is 26.1. The van der Waals surface area contributed by atoms with E-state index in [0.29, 0.717) is 17.3 Å². The first-order chi connectivity index (χ1) is 12.6. The molecule has 0 bridgehead atoms. The van der Waals surface area contributed by atoms with Gasteiger partial charge in [-0.25, -0.2) is 19.6 Å². The van der Waals surface area contributed by atoms with Crippen LogP contribution in [0.15, 0.2) is 53.6 Å². The van der Waals surface area contributed by atoms with E-state index in [2.05, 4.69) is 16.0 Å². The van der Waals surface area contributed by atoms with Crippen LogP contribution in [0.4, 0.5) is 8.78 Å². The summed E-state index contributed by atoms with van der Waals surface area (Å²) in [6, 6.07) is 12.1. The maximum absolute atomic E-state index is 13.1. The van der Waals surface area contributed by atoms with Crippen molar-refractivity contribution < 1.29 is 13.6 Å². The fourth-order valence-electron chi connectivity index (χ4n) is 3.02. The summed E-state index contributed by atoms with van der Waals surface area (Å²) >= 11 is 1.45. The Morgan fingerprint density at radius 3 is 2.42 bits per heavy atom. The maximum Gasteiger partial charge on any atom is 0.264 e. The van der Waals surface area contributed by atoms with Crippen molar-refractivity contribution in [3.63, 3.8) is 0 Å². The first-order valence-electron chi connectivity index (χ1n) is 8.16. The number of hydrazine groups is 1. The van der Waals surface area contributed by atoms with E-state index in [1.54, 1.807) is 29.3 Å². The van der Waals surface area contributed by atoms with Gasteiger partial charge in [-0.15, -0.1) is 5.10 Å². The Bertz CT molecular complexity index is 841. The monoisotopic (exact) mass is 374 g/mol. The van der Waals surface area contributed by atoms with Crippen molar-refractivity contribution in [2.75, 3.05) is 0 Å². The maximum atomic E-state index is 13.1. The topological polar surface area (TPSA) is 56.7 Å². The van der Waals surface area contributed by atoms with E-state index in [1.807, 2.05) is 0 Å². The van der Waals surface area contributed by atoms with Crippen LogP contribution < -0.4 is 10.9 Å². The molecule has 2 unspecified atom stereocenters. The highest BCUT2D eigenvalue weighted by Crippen LogP contribution is 2.32. The number of nitrogens with zero attached hydrogens (tertiary/aromatic N) is 2. The second-order valence-electron chi connectivity index (χ2n) is 6.14. The fraction of sp³-hybridized carbons (Fsp3) is 0.222. The number of hydrogen-bond acceptors (Lipinski definition) is 5. The highest BCUT2D eigenvalue weighted by Gasteiger charge is 2.41. The van der Waals surface area contributed by atoms with Gasteiger partial charge in [0.15, 0.2) is 5.17 Å². The quantitative estimate of drug-likeness (QED) is 0.867. The van der Waals surface area contributed by atoms with Gasteiger partial charge in [0.1, 0.15) is 17.7 Å². The van der Waals surface area contributed by atoms with E-state index in [-0.39, 0.29) is 29.6 Å². The molecule has 8 heteroatoms. The molecule has 1 fully saturated rings. The van der Waals surface area contributed by atoms with Gasteiger partial charge in [-0.1, -0.05) is 36.0 Å². The Hall–Kier alpha value is -2.45. The molecular weight excluding hydrogens is 358 g/mol. The zero-order valence-corrected chi connectivity index (χ0v) is 14.5. The third-order valence-electron chi connectivity index (χ3n) is 4.39. The van der Waals surface area contributed by atoms with E-state index in [0.717, 1.165) is 11.1 Å². The highest BCUT2D eigenvalue weighted by molar-refractivity contribution is 8.13. The van der Waals surface area contributed by atoms with E-state index >= 15 is 0 Å². The molecule has 2 aliphatic heterocycles. The van der Waals surface area contributed by atoms with E-state index < -0.39 is 0 Å². The minimum Gasteiger partial charge on any atom is -0.272 e. The van der Waals surface area contributed by atoms with Gasteiger partial charge in [0.25, 0.3) is 5.91 Å². The second-order valence-corrected chi connectivity index (χ2v) is 7.08. The molecule has 26 heavy (non-hydrogen) atoms. The molecule has 2 aromatic rings. The lowest BCUT2D eigenvalue weighted by atomic mass is 10.0. The van der Waals surface area contributed by atoms with Crippen LogP contribution in [-0.2, 0) is 10.5 Å². The van der Waals surface area contributed by atoms with Crippen molar-refractivity contribution >= 4 is 22.8 Å². The number of carbonyl (C=O) groups is 1. The molecule has 2 atom stereocenters. The van der Waals surface area contributed by atoms with Gasteiger partial charge in [0.2, 0.25) is 0 Å². The summed E-state index contributed by atoms with van der Waals surface area (Å²) in [5.74, 6) is -0.141. The molecule has 0 aromatic heterocycles. The lowest BCUT2D eigenvalue weighted by molar-refractivity contribution is -0.125. The van der Waals surface area contributed by atoms with Gasteiger partial charge in [0, 0.05) is 5.75 Å².